The maximum absolute atomic E-state index is 14.2. The molecule has 2 aromatic rings. The zero-order chi connectivity index (χ0) is 22.4. The molecular weight excluding hydrogens is 421 g/mol. The highest BCUT2D eigenvalue weighted by Crippen LogP contribution is 2.26. The third-order valence-corrected chi connectivity index (χ3v) is 5.66. The predicted molar refractivity (Wildman–Crippen MR) is 119 cm³/mol. The molecule has 3 N–H and O–H groups in total. The van der Waals surface area contributed by atoms with Gasteiger partial charge in [-0.1, -0.05) is 43.0 Å². The number of carbonyl (C=O) groups is 3. The Kier molecular flexibility index (Phi) is 7.63. The summed E-state index contributed by atoms with van der Waals surface area (Å²) in [5.74, 6) is -1.87. The van der Waals surface area contributed by atoms with Crippen molar-refractivity contribution >= 4 is 40.7 Å². The van der Waals surface area contributed by atoms with Crippen LogP contribution in [0.25, 0.3) is 0 Å². The van der Waals surface area contributed by atoms with Crippen LogP contribution in [0.2, 0.25) is 5.02 Å². The van der Waals surface area contributed by atoms with Crippen LogP contribution in [0.3, 0.4) is 0 Å². The van der Waals surface area contributed by atoms with Crippen molar-refractivity contribution in [2.45, 2.75) is 45.1 Å². The summed E-state index contributed by atoms with van der Waals surface area (Å²) in [6, 6.07) is 9.60. The molecule has 0 bridgehead atoms. The Hall–Kier alpha value is -2.93. The smallest absolute Gasteiger partial charge is 0.253 e. The zero-order valence-corrected chi connectivity index (χ0v) is 18.0. The molecule has 31 heavy (non-hydrogen) atoms. The topological polar surface area (TPSA) is 87.3 Å². The highest BCUT2D eigenvalue weighted by molar-refractivity contribution is 6.33. The van der Waals surface area contributed by atoms with Crippen molar-refractivity contribution in [3.63, 3.8) is 0 Å². The highest BCUT2D eigenvalue weighted by Gasteiger charge is 2.23. The van der Waals surface area contributed by atoms with E-state index in [2.05, 4.69) is 16.0 Å². The van der Waals surface area contributed by atoms with E-state index in [1.807, 2.05) is 0 Å². The molecule has 3 amide bonds. The fourth-order valence-electron chi connectivity index (χ4n) is 3.53. The lowest BCUT2D eigenvalue weighted by Crippen LogP contribution is -2.41. The van der Waals surface area contributed by atoms with Crippen molar-refractivity contribution in [3.8, 4) is 0 Å². The molecule has 0 aromatic heterocycles. The van der Waals surface area contributed by atoms with E-state index in [-0.39, 0.29) is 28.1 Å². The van der Waals surface area contributed by atoms with Crippen molar-refractivity contribution in [2.24, 2.45) is 5.92 Å². The maximum atomic E-state index is 14.2. The van der Waals surface area contributed by atoms with Crippen LogP contribution in [0.15, 0.2) is 42.5 Å². The van der Waals surface area contributed by atoms with Crippen molar-refractivity contribution < 1.29 is 18.8 Å². The first-order chi connectivity index (χ1) is 14.8. The van der Waals surface area contributed by atoms with Crippen molar-refractivity contribution in [2.75, 3.05) is 10.6 Å². The Bertz CT molecular complexity index is 976. The third-order valence-electron chi connectivity index (χ3n) is 5.33. The lowest BCUT2D eigenvalue weighted by Gasteiger charge is -2.21. The number of rotatable bonds is 6. The number of carbonyl (C=O) groups excluding carboxylic acids is 3. The molecule has 3 rings (SSSR count). The van der Waals surface area contributed by atoms with Crippen LogP contribution in [-0.4, -0.2) is 23.8 Å². The van der Waals surface area contributed by atoms with Gasteiger partial charge in [0.25, 0.3) is 5.91 Å². The number of nitrogens with one attached hydrogen (secondary N) is 3. The van der Waals surface area contributed by atoms with Gasteiger partial charge in [0.05, 0.1) is 16.3 Å². The van der Waals surface area contributed by atoms with E-state index in [9.17, 15) is 18.8 Å². The second-order valence-electron chi connectivity index (χ2n) is 7.68. The van der Waals surface area contributed by atoms with E-state index < -0.39 is 23.7 Å². The van der Waals surface area contributed by atoms with Crippen LogP contribution in [0.1, 0.15) is 49.4 Å². The third kappa shape index (κ3) is 6.04. The Morgan fingerprint density at radius 1 is 1.03 bits per heavy atom. The number of halogens is 2. The summed E-state index contributed by atoms with van der Waals surface area (Å²) in [4.78, 5) is 37.2. The van der Waals surface area contributed by atoms with E-state index in [4.69, 9.17) is 11.6 Å². The molecule has 2 aromatic carbocycles. The van der Waals surface area contributed by atoms with Crippen molar-refractivity contribution in [1.29, 1.82) is 0 Å². The molecule has 1 fully saturated rings. The Labute approximate surface area is 185 Å². The standard InChI is InChI=1S/C23H25ClFN3O3/c1-14(26-23(31)17-9-5-6-10-18(17)24)21(29)27-16-11-12-19(25)20(13-16)28-22(30)15-7-3-2-4-8-15/h5-6,9-15H,2-4,7-8H2,1H3,(H,26,31)(H,27,29)(H,28,30). The van der Waals surface area contributed by atoms with E-state index in [0.717, 1.165) is 32.1 Å². The molecule has 164 valence electrons. The van der Waals surface area contributed by atoms with E-state index in [1.165, 1.54) is 25.1 Å². The number of anilines is 2. The van der Waals surface area contributed by atoms with Gasteiger partial charge in [0.2, 0.25) is 11.8 Å². The lowest BCUT2D eigenvalue weighted by atomic mass is 9.88. The highest BCUT2D eigenvalue weighted by atomic mass is 35.5. The van der Waals surface area contributed by atoms with E-state index in [0.29, 0.717) is 5.69 Å². The molecule has 8 heteroatoms. The van der Waals surface area contributed by atoms with Gasteiger partial charge in [-0.05, 0) is 50.1 Å². The van der Waals surface area contributed by atoms with Crippen LogP contribution >= 0.6 is 11.6 Å². The molecule has 1 aliphatic rings. The molecule has 1 atom stereocenters. The van der Waals surface area contributed by atoms with E-state index in [1.54, 1.807) is 24.3 Å². The lowest BCUT2D eigenvalue weighted by molar-refractivity contribution is -0.120. The van der Waals surface area contributed by atoms with Crippen LogP contribution in [-0.2, 0) is 9.59 Å². The van der Waals surface area contributed by atoms with Gasteiger partial charge in [0.15, 0.2) is 0 Å². The minimum Gasteiger partial charge on any atom is -0.340 e. The molecule has 0 spiro atoms. The predicted octanol–water partition coefficient (Wildman–Crippen LogP) is 4.75. The Morgan fingerprint density at radius 2 is 1.74 bits per heavy atom. The molecule has 0 saturated heterocycles. The first-order valence-corrected chi connectivity index (χ1v) is 10.7. The summed E-state index contributed by atoms with van der Waals surface area (Å²) in [7, 11) is 0. The second-order valence-corrected chi connectivity index (χ2v) is 8.09. The first-order valence-electron chi connectivity index (χ1n) is 10.3. The average molecular weight is 446 g/mol. The molecule has 0 aliphatic heterocycles. The fourth-order valence-corrected chi connectivity index (χ4v) is 3.76. The van der Waals surface area contributed by atoms with Crippen molar-refractivity contribution in [3.05, 3.63) is 58.9 Å². The van der Waals surface area contributed by atoms with Crippen molar-refractivity contribution in [1.82, 2.24) is 5.32 Å². The second kappa shape index (κ2) is 10.4. The summed E-state index contributed by atoms with van der Waals surface area (Å²) in [5, 5.41) is 8.12. The van der Waals surface area contributed by atoms with E-state index >= 15 is 0 Å². The number of benzene rings is 2. The summed E-state index contributed by atoms with van der Waals surface area (Å²) in [6.07, 6.45) is 4.70. The number of hydrogen-bond acceptors (Lipinski definition) is 3. The molecular formula is C23H25ClFN3O3. The maximum Gasteiger partial charge on any atom is 0.253 e. The van der Waals surface area contributed by atoms with Crippen LogP contribution < -0.4 is 16.0 Å². The molecule has 0 radical (unpaired) electrons. The number of hydrogen-bond donors (Lipinski definition) is 3. The first kappa shape index (κ1) is 22.7. The van der Waals surface area contributed by atoms with Gasteiger partial charge in [0.1, 0.15) is 11.9 Å². The Balaban J connectivity index is 1.61. The molecule has 0 heterocycles. The summed E-state index contributed by atoms with van der Waals surface area (Å²) in [6.45, 7) is 1.53. The summed E-state index contributed by atoms with van der Waals surface area (Å²) >= 11 is 6.01. The SMILES string of the molecule is CC(NC(=O)c1ccccc1Cl)C(=O)Nc1ccc(F)c(NC(=O)C2CCCCC2)c1. The van der Waals surface area contributed by atoms with Crippen LogP contribution in [0, 0.1) is 11.7 Å². The molecule has 1 unspecified atom stereocenters. The van der Waals surface area contributed by atoms with Gasteiger partial charge in [-0.15, -0.1) is 0 Å². The molecule has 6 nitrogen and oxygen atoms in total. The van der Waals surface area contributed by atoms with Crippen LogP contribution in [0.4, 0.5) is 15.8 Å². The summed E-state index contributed by atoms with van der Waals surface area (Å²) in [5.41, 5.74) is 0.587. The monoisotopic (exact) mass is 445 g/mol. The molecule has 1 saturated carbocycles. The number of amides is 3. The average Bonchev–Trinajstić information content (AvgIpc) is 2.76. The van der Waals surface area contributed by atoms with Gasteiger partial charge in [-0.25, -0.2) is 4.39 Å². The van der Waals surface area contributed by atoms with Gasteiger partial charge < -0.3 is 16.0 Å². The minimum atomic E-state index is -0.867. The minimum absolute atomic E-state index is 0.0149. The van der Waals surface area contributed by atoms with Crippen LogP contribution in [0.5, 0.6) is 0 Å². The summed E-state index contributed by atoms with van der Waals surface area (Å²) < 4.78 is 14.2. The van der Waals surface area contributed by atoms with Gasteiger partial charge >= 0.3 is 0 Å². The van der Waals surface area contributed by atoms with Gasteiger partial charge in [-0.2, -0.15) is 0 Å². The largest absolute Gasteiger partial charge is 0.340 e. The Morgan fingerprint density at radius 3 is 2.45 bits per heavy atom. The normalized spacial score (nSPS) is 15.1. The quantitative estimate of drug-likeness (QED) is 0.599. The zero-order valence-electron chi connectivity index (χ0n) is 17.2. The van der Waals surface area contributed by atoms with Gasteiger partial charge in [0, 0.05) is 11.6 Å². The van der Waals surface area contributed by atoms with Gasteiger partial charge in [-0.3, -0.25) is 14.4 Å². The fraction of sp³-hybridized carbons (Fsp3) is 0.348. The molecule has 1 aliphatic carbocycles.